The van der Waals surface area contributed by atoms with E-state index in [0.29, 0.717) is 5.54 Å². The molecule has 0 aromatic carbocycles. The maximum absolute atomic E-state index is 6.22. The van der Waals surface area contributed by atoms with Gasteiger partial charge in [0, 0.05) is 12.1 Å². The van der Waals surface area contributed by atoms with E-state index in [4.69, 9.17) is 5.73 Å². The van der Waals surface area contributed by atoms with Crippen molar-refractivity contribution >= 4 is 0 Å². The van der Waals surface area contributed by atoms with E-state index < -0.39 is 0 Å². The molecule has 2 rings (SSSR count). The highest BCUT2D eigenvalue weighted by atomic mass is 15.2. The average Bonchev–Trinajstić information content (AvgIpc) is 3.21. The maximum atomic E-state index is 6.22. The summed E-state index contributed by atoms with van der Waals surface area (Å²) in [6, 6.07) is 0. The molecule has 2 aliphatic carbocycles. The Hall–Kier alpha value is -0.0800. The van der Waals surface area contributed by atoms with E-state index in [-0.39, 0.29) is 0 Å². The van der Waals surface area contributed by atoms with E-state index in [1.54, 1.807) is 0 Å². The van der Waals surface area contributed by atoms with Crippen LogP contribution in [0.1, 0.15) is 71.1 Å². The van der Waals surface area contributed by atoms with Gasteiger partial charge in [-0.25, -0.2) is 0 Å². The minimum Gasteiger partial charge on any atom is -0.329 e. The molecule has 2 fully saturated rings. The molecule has 0 spiro atoms. The highest BCUT2D eigenvalue weighted by molar-refractivity contribution is 4.93. The molecule has 106 valence electrons. The van der Waals surface area contributed by atoms with E-state index in [2.05, 4.69) is 11.8 Å². The van der Waals surface area contributed by atoms with Gasteiger partial charge in [0.25, 0.3) is 0 Å². The molecule has 0 radical (unpaired) electrons. The highest BCUT2D eigenvalue weighted by Crippen LogP contribution is 2.36. The summed E-state index contributed by atoms with van der Waals surface area (Å²) in [5.41, 5.74) is 6.57. The van der Waals surface area contributed by atoms with Crippen molar-refractivity contribution in [2.75, 3.05) is 19.6 Å². The lowest BCUT2D eigenvalue weighted by Crippen LogP contribution is -2.54. The van der Waals surface area contributed by atoms with Crippen molar-refractivity contribution in [3.63, 3.8) is 0 Å². The van der Waals surface area contributed by atoms with E-state index >= 15 is 0 Å². The monoisotopic (exact) mass is 252 g/mol. The van der Waals surface area contributed by atoms with E-state index in [1.165, 1.54) is 77.3 Å². The quantitative estimate of drug-likeness (QED) is 0.702. The van der Waals surface area contributed by atoms with E-state index in [9.17, 15) is 0 Å². The third kappa shape index (κ3) is 3.71. The van der Waals surface area contributed by atoms with Gasteiger partial charge in [-0.15, -0.1) is 0 Å². The van der Waals surface area contributed by atoms with Crippen LogP contribution in [-0.4, -0.2) is 30.1 Å². The number of nitrogens with two attached hydrogens (primary N) is 1. The Morgan fingerprint density at radius 2 is 1.72 bits per heavy atom. The summed E-state index contributed by atoms with van der Waals surface area (Å²) in [5.74, 6) is 1.05. The summed E-state index contributed by atoms with van der Waals surface area (Å²) in [6.45, 7) is 5.74. The van der Waals surface area contributed by atoms with Crippen LogP contribution in [0.3, 0.4) is 0 Å². The molecule has 2 saturated carbocycles. The van der Waals surface area contributed by atoms with Gasteiger partial charge in [-0.2, -0.15) is 0 Å². The summed E-state index contributed by atoms with van der Waals surface area (Å²) in [4.78, 5) is 2.77. The number of nitrogens with zero attached hydrogens (tertiary/aromatic N) is 1. The number of hydrogen-bond acceptors (Lipinski definition) is 2. The fourth-order valence-corrected chi connectivity index (χ4v) is 3.64. The maximum Gasteiger partial charge on any atom is 0.0331 e. The molecule has 0 aliphatic heterocycles. The van der Waals surface area contributed by atoms with Gasteiger partial charge in [0.1, 0.15) is 0 Å². The van der Waals surface area contributed by atoms with Crippen LogP contribution in [0.15, 0.2) is 0 Å². The van der Waals surface area contributed by atoms with Crippen molar-refractivity contribution in [3.8, 4) is 0 Å². The summed E-state index contributed by atoms with van der Waals surface area (Å²) in [7, 11) is 0. The van der Waals surface area contributed by atoms with Crippen LogP contribution in [0, 0.1) is 5.92 Å². The Morgan fingerprint density at radius 3 is 2.22 bits per heavy atom. The Bertz CT molecular complexity index is 227. The largest absolute Gasteiger partial charge is 0.329 e. The molecule has 18 heavy (non-hydrogen) atoms. The normalized spacial score (nSPS) is 24.2. The van der Waals surface area contributed by atoms with Crippen LogP contribution in [0.5, 0.6) is 0 Å². The molecule has 0 bridgehead atoms. The van der Waals surface area contributed by atoms with Gasteiger partial charge in [-0.3, -0.25) is 4.90 Å². The molecule has 2 N–H and O–H groups in total. The molecule has 2 aliphatic rings. The molecule has 2 nitrogen and oxygen atoms in total. The second-order valence-electron chi connectivity index (χ2n) is 6.56. The standard InChI is InChI=1S/C16H32N2/c1-2-12-18(13-9-15-7-8-15)16(14-17)10-5-3-4-6-11-16/h15H,2-14,17H2,1H3. The molecule has 0 atom stereocenters. The molecule has 2 heteroatoms. The van der Waals surface area contributed by atoms with Gasteiger partial charge in [-0.1, -0.05) is 45.4 Å². The Kier molecular flexibility index (Phi) is 5.50. The van der Waals surface area contributed by atoms with Crippen molar-refractivity contribution < 1.29 is 0 Å². The van der Waals surface area contributed by atoms with Crippen LogP contribution < -0.4 is 5.73 Å². The first-order valence-electron chi connectivity index (χ1n) is 8.26. The molecule has 0 aromatic heterocycles. The van der Waals surface area contributed by atoms with Crippen LogP contribution >= 0.6 is 0 Å². The predicted octanol–water partition coefficient (Wildman–Crippen LogP) is 3.55. The lowest BCUT2D eigenvalue weighted by molar-refractivity contribution is 0.0746. The van der Waals surface area contributed by atoms with Crippen molar-refractivity contribution in [2.24, 2.45) is 11.7 Å². The molecular weight excluding hydrogens is 220 g/mol. The molecule has 0 unspecified atom stereocenters. The molecule has 0 saturated heterocycles. The van der Waals surface area contributed by atoms with Crippen LogP contribution in [0.4, 0.5) is 0 Å². The molecule has 0 heterocycles. The molecule has 0 amide bonds. The minimum absolute atomic E-state index is 0.349. The van der Waals surface area contributed by atoms with Gasteiger partial charge in [-0.05, 0) is 44.7 Å². The highest BCUT2D eigenvalue weighted by Gasteiger charge is 2.36. The fraction of sp³-hybridized carbons (Fsp3) is 1.00. The van der Waals surface area contributed by atoms with E-state index in [1.807, 2.05) is 0 Å². The fourth-order valence-electron chi connectivity index (χ4n) is 3.64. The summed E-state index contributed by atoms with van der Waals surface area (Å²) in [5, 5.41) is 0. The SMILES string of the molecule is CCCN(CCC1CC1)C1(CN)CCCCCC1. The third-order valence-electron chi connectivity index (χ3n) is 5.08. The minimum atomic E-state index is 0.349. The average molecular weight is 252 g/mol. The molecule has 0 aromatic rings. The molecular formula is C16H32N2. The van der Waals surface area contributed by atoms with Crippen LogP contribution in [0.2, 0.25) is 0 Å². The van der Waals surface area contributed by atoms with Crippen LogP contribution in [-0.2, 0) is 0 Å². The Labute approximate surface area is 113 Å². The van der Waals surface area contributed by atoms with Crippen molar-refractivity contribution in [1.82, 2.24) is 4.90 Å². The second-order valence-corrected chi connectivity index (χ2v) is 6.56. The second kappa shape index (κ2) is 6.91. The lowest BCUT2D eigenvalue weighted by Gasteiger charge is -2.43. The van der Waals surface area contributed by atoms with E-state index in [0.717, 1.165) is 12.5 Å². The van der Waals surface area contributed by atoms with Gasteiger partial charge in [0.2, 0.25) is 0 Å². The zero-order valence-electron chi connectivity index (χ0n) is 12.3. The topological polar surface area (TPSA) is 29.3 Å². The summed E-state index contributed by atoms with van der Waals surface area (Å²) in [6.07, 6.45) is 14.0. The predicted molar refractivity (Wildman–Crippen MR) is 78.7 cm³/mol. The smallest absolute Gasteiger partial charge is 0.0331 e. The first-order chi connectivity index (χ1) is 8.80. The summed E-state index contributed by atoms with van der Waals surface area (Å²) >= 11 is 0. The van der Waals surface area contributed by atoms with Crippen LogP contribution in [0.25, 0.3) is 0 Å². The number of hydrogen-bond donors (Lipinski definition) is 1. The van der Waals surface area contributed by atoms with Crippen molar-refractivity contribution in [1.29, 1.82) is 0 Å². The van der Waals surface area contributed by atoms with Gasteiger partial charge in [0.05, 0.1) is 0 Å². The van der Waals surface area contributed by atoms with Gasteiger partial charge >= 0.3 is 0 Å². The lowest BCUT2D eigenvalue weighted by atomic mass is 9.87. The first-order valence-corrected chi connectivity index (χ1v) is 8.26. The Morgan fingerprint density at radius 1 is 1.06 bits per heavy atom. The Balaban J connectivity index is 1.97. The zero-order valence-corrected chi connectivity index (χ0v) is 12.3. The third-order valence-corrected chi connectivity index (χ3v) is 5.08. The van der Waals surface area contributed by atoms with Crippen molar-refractivity contribution in [3.05, 3.63) is 0 Å². The van der Waals surface area contributed by atoms with Gasteiger partial charge in [0.15, 0.2) is 0 Å². The first kappa shape index (κ1) is 14.3. The summed E-state index contributed by atoms with van der Waals surface area (Å²) < 4.78 is 0. The van der Waals surface area contributed by atoms with Gasteiger partial charge < -0.3 is 5.73 Å². The van der Waals surface area contributed by atoms with Crippen molar-refractivity contribution in [2.45, 2.75) is 76.7 Å². The number of rotatable bonds is 7. The zero-order chi connectivity index (χ0) is 12.8.